The molecule has 5 rings (SSSR count). The first-order valence-electron chi connectivity index (χ1n) is 10.4. The number of amides is 2. The fraction of sp³-hybridized carbons (Fsp3) is 0.391. The van der Waals surface area contributed by atoms with Crippen LogP contribution in [0.5, 0.6) is 17.2 Å². The number of carbonyl (C=O) groups excluding carboxylic acids is 2. The summed E-state index contributed by atoms with van der Waals surface area (Å²) < 4.78 is 16.9. The molecule has 0 fully saturated rings. The molecule has 2 amide bonds. The molecule has 7 heteroatoms. The molecule has 0 radical (unpaired) electrons. The Kier molecular flexibility index (Phi) is 4.53. The highest BCUT2D eigenvalue weighted by atomic mass is 16.7. The number of nitrogens with one attached hydrogen (secondary N) is 1. The number of carbonyl (C=O) groups is 2. The van der Waals surface area contributed by atoms with Crippen molar-refractivity contribution in [3.63, 3.8) is 0 Å². The quantitative estimate of drug-likeness (QED) is 0.744. The lowest BCUT2D eigenvalue weighted by atomic mass is 9.77. The molecule has 3 aliphatic heterocycles. The molecule has 3 aliphatic rings. The predicted octanol–water partition coefficient (Wildman–Crippen LogP) is 2.75. The van der Waals surface area contributed by atoms with Crippen molar-refractivity contribution in [2.45, 2.75) is 31.6 Å². The molecule has 1 unspecified atom stereocenters. The highest BCUT2D eigenvalue weighted by Gasteiger charge is 2.57. The van der Waals surface area contributed by atoms with Crippen LogP contribution in [-0.4, -0.2) is 38.3 Å². The van der Waals surface area contributed by atoms with Crippen molar-refractivity contribution in [3.8, 4) is 17.2 Å². The van der Waals surface area contributed by atoms with Gasteiger partial charge in [-0.2, -0.15) is 0 Å². The van der Waals surface area contributed by atoms with E-state index in [1.165, 1.54) is 0 Å². The Hall–Kier alpha value is -3.22. The average molecular weight is 408 g/mol. The zero-order valence-electron chi connectivity index (χ0n) is 16.9. The smallest absolute Gasteiger partial charge is 0.246 e. The van der Waals surface area contributed by atoms with Gasteiger partial charge in [0.05, 0.1) is 0 Å². The van der Waals surface area contributed by atoms with Crippen molar-refractivity contribution in [2.24, 2.45) is 0 Å². The van der Waals surface area contributed by atoms with Crippen LogP contribution in [0.2, 0.25) is 0 Å². The van der Waals surface area contributed by atoms with Gasteiger partial charge in [-0.1, -0.05) is 38.0 Å². The van der Waals surface area contributed by atoms with E-state index in [0.29, 0.717) is 23.8 Å². The van der Waals surface area contributed by atoms with Crippen LogP contribution in [0.1, 0.15) is 37.3 Å². The van der Waals surface area contributed by atoms with E-state index in [9.17, 15) is 9.59 Å². The maximum atomic E-state index is 13.8. The maximum absolute atomic E-state index is 13.8. The summed E-state index contributed by atoms with van der Waals surface area (Å²) in [4.78, 5) is 27.9. The number of para-hydroxylation sites is 1. The number of rotatable bonds is 6. The van der Waals surface area contributed by atoms with Gasteiger partial charge in [0.15, 0.2) is 11.5 Å². The molecule has 1 spiro atoms. The first-order valence-corrected chi connectivity index (χ1v) is 10.4. The van der Waals surface area contributed by atoms with Gasteiger partial charge >= 0.3 is 0 Å². The summed E-state index contributed by atoms with van der Waals surface area (Å²) in [7, 11) is 0. The molecule has 2 aromatic carbocycles. The largest absolute Gasteiger partial charge is 0.491 e. The molecule has 156 valence electrons. The van der Waals surface area contributed by atoms with Crippen LogP contribution in [0.4, 0.5) is 5.69 Å². The number of ether oxygens (including phenoxy) is 3. The summed E-state index contributed by atoms with van der Waals surface area (Å²) in [6.07, 6.45) is 3.10. The minimum atomic E-state index is -0.977. The second kappa shape index (κ2) is 7.23. The van der Waals surface area contributed by atoms with Gasteiger partial charge in [-0.25, -0.2) is 0 Å². The van der Waals surface area contributed by atoms with Crippen molar-refractivity contribution in [3.05, 3.63) is 47.5 Å². The zero-order valence-corrected chi connectivity index (χ0v) is 16.9. The van der Waals surface area contributed by atoms with Crippen LogP contribution in [-0.2, 0) is 15.0 Å². The second-order valence-electron chi connectivity index (χ2n) is 7.86. The lowest BCUT2D eigenvalue weighted by Crippen LogP contribution is -2.46. The van der Waals surface area contributed by atoms with Crippen LogP contribution in [0.3, 0.4) is 0 Å². The van der Waals surface area contributed by atoms with Gasteiger partial charge in [0.1, 0.15) is 24.3 Å². The van der Waals surface area contributed by atoms with Crippen molar-refractivity contribution in [1.82, 2.24) is 5.32 Å². The molecular weight excluding hydrogens is 384 g/mol. The fourth-order valence-electron chi connectivity index (χ4n) is 4.52. The van der Waals surface area contributed by atoms with Gasteiger partial charge in [-0.15, -0.1) is 0 Å². The van der Waals surface area contributed by atoms with E-state index in [2.05, 4.69) is 12.2 Å². The van der Waals surface area contributed by atoms with Gasteiger partial charge in [-0.05, 0) is 24.1 Å². The molecule has 1 atom stereocenters. The molecule has 0 bridgehead atoms. The average Bonchev–Trinajstić information content (AvgIpc) is 3.43. The summed E-state index contributed by atoms with van der Waals surface area (Å²) >= 11 is 0. The first-order chi connectivity index (χ1) is 14.6. The summed E-state index contributed by atoms with van der Waals surface area (Å²) in [6.45, 7) is 3.07. The third-order valence-electron chi connectivity index (χ3n) is 6.05. The number of anilines is 1. The SMILES string of the molecule is CCCCCNC(=O)CN1C(=O)C2(COc3cc4c(cc32)OCO4)c2ccccc21. The van der Waals surface area contributed by atoms with E-state index in [1.54, 1.807) is 11.0 Å². The number of unbranched alkanes of at least 4 members (excludes halogenated alkanes) is 2. The minimum absolute atomic E-state index is 0.0103. The normalized spacial score (nSPS) is 20.3. The van der Waals surface area contributed by atoms with Crippen LogP contribution >= 0.6 is 0 Å². The monoisotopic (exact) mass is 408 g/mol. The molecule has 2 aromatic rings. The molecule has 3 heterocycles. The zero-order chi connectivity index (χ0) is 20.7. The molecule has 0 aliphatic carbocycles. The maximum Gasteiger partial charge on any atom is 0.246 e. The highest BCUT2D eigenvalue weighted by molar-refractivity contribution is 6.13. The van der Waals surface area contributed by atoms with E-state index in [0.717, 1.165) is 36.1 Å². The number of fused-ring (bicyclic) bond motifs is 5. The van der Waals surface area contributed by atoms with Gasteiger partial charge < -0.3 is 24.4 Å². The Morgan fingerprint density at radius 1 is 1.07 bits per heavy atom. The third-order valence-corrected chi connectivity index (χ3v) is 6.05. The van der Waals surface area contributed by atoms with Crippen LogP contribution in [0.15, 0.2) is 36.4 Å². The summed E-state index contributed by atoms with van der Waals surface area (Å²) in [5.41, 5.74) is 1.39. The Labute approximate surface area is 174 Å². The van der Waals surface area contributed by atoms with E-state index in [4.69, 9.17) is 14.2 Å². The highest BCUT2D eigenvalue weighted by Crippen LogP contribution is 2.54. The third kappa shape index (κ3) is 2.72. The van der Waals surface area contributed by atoms with Gasteiger partial charge in [-0.3, -0.25) is 9.59 Å². The first kappa shape index (κ1) is 18.8. The lowest BCUT2D eigenvalue weighted by molar-refractivity contribution is -0.125. The Balaban J connectivity index is 1.48. The van der Waals surface area contributed by atoms with E-state index in [-0.39, 0.29) is 31.8 Å². The van der Waals surface area contributed by atoms with Crippen molar-refractivity contribution in [2.75, 3.05) is 31.4 Å². The number of hydrogen-bond donors (Lipinski definition) is 1. The molecule has 7 nitrogen and oxygen atoms in total. The predicted molar refractivity (Wildman–Crippen MR) is 110 cm³/mol. The topological polar surface area (TPSA) is 77.1 Å². The summed E-state index contributed by atoms with van der Waals surface area (Å²) in [5, 5.41) is 2.93. The minimum Gasteiger partial charge on any atom is -0.491 e. The number of hydrogen-bond acceptors (Lipinski definition) is 5. The van der Waals surface area contributed by atoms with Crippen LogP contribution in [0, 0.1) is 0 Å². The van der Waals surface area contributed by atoms with Crippen LogP contribution < -0.4 is 24.4 Å². The summed E-state index contributed by atoms with van der Waals surface area (Å²) in [5.74, 6) is 1.54. The fourth-order valence-corrected chi connectivity index (χ4v) is 4.52. The number of benzene rings is 2. The molecule has 30 heavy (non-hydrogen) atoms. The molecule has 1 N–H and O–H groups in total. The molecular formula is C23H24N2O5. The van der Waals surface area contributed by atoms with E-state index < -0.39 is 5.41 Å². The Morgan fingerprint density at radius 2 is 1.87 bits per heavy atom. The summed E-state index contributed by atoms with van der Waals surface area (Å²) in [6, 6.07) is 11.2. The molecule has 0 aromatic heterocycles. The Bertz CT molecular complexity index is 1020. The van der Waals surface area contributed by atoms with E-state index >= 15 is 0 Å². The van der Waals surface area contributed by atoms with Crippen LogP contribution in [0.25, 0.3) is 0 Å². The van der Waals surface area contributed by atoms with Gasteiger partial charge in [0.2, 0.25) is 18.6 Å². The van der Waals surface area contributed by atoms with E-state index in [1.807, 2.05) is 30.3 Å². The van der Waals surface area contributed by atoms with Gasteiger partial charge in [0.25, 0.3) is 0 Å². The molecule has 0 saturated carbocycles. The van der Waals surface area contributed by atoms with Crippen molar-refractivity contribution >= 4 is 17.5 Å². The Morgan fingerprint density at radius 3 is 2.70 bits per heavy atom. The number of nitrogens with zero attached hydrogens (tertiary/aromatic N) is 1. The standard InChI is InChI=1S/C23H24N2O5/c1-2-3-6-9-24-21(26)12-25-17-8-5-4-7-15(17)23(22(25)27)13-28-18-11-20-19(10-16(18)23)29-14-30-20/h4-5,7-8,10-11H,2-3,6,9,12-14H2,1H3,(H,24,26). The molecule has 0 saturated heterocycles. The van der Waals surface area contributed by atoms with Crippen molar-refractivity contribution in [1.29, 1.82) is 0 Å². The van der Waals surface area contributed by atoms with Gasteiger partial charge in [0, 0.05) is 23.9 Å². The lowest BCUT2D eigenvalue weighted by Gasteiger charge is -2.23. The second-order valence-corrected chi connectivity index (χ2v) is 7.86. The van der Waals surface area contributed by atoms with Crippen molar-refractivity contribution < 1.29 is 23.8 Å².